The first-order valence-corrected chi connectivity index (χ1v) is 7.29. The van der Waals surface area contributed by atoms with Gasteiger partial charge in [-0.25, -0.2) is 9.79 Å². The van der Waals surface area contributed by atoms with E-state index in [0.717, 1.165) is 16.7 Å². The van der Waals surface area contributed by atoms with Gasteiger partial charge in [0.25, 0.3) is 5.69 Å². The molecule has 1 aliphatic rings. The number of aryl methyl sites for hydroxylation is 2. The molecule has 0 unspecified atom stereocenters. The predicted octanol–water partition coefficient (Wildman–Crippen LogP) is 3.56. The second-order valence-electron chi connectivity index (χ2n) is 5.47. The molecule has 6 heteroatoms. The van der Waals surface area contributed by atoms with E-state index in [9.17, 15) is 14.9 Å². The van der Waals surface area contributed by atoms with E-state index in [-0.39, 0.29) is 22.8 Å². The Hall–Kier alpha value is -3.28. The number of esters is 1. The van der Waals surface area contributed by atoms with Crippen LogP contribution in [0, 0.1) is 24.0 Å². The van der Waals surface area contributed by atoms with Gasteiger partial charge < -0.3 is 4.74 Å². The number of nitrogens with zero attached hydrogens (tertiary/aromatic N) is 2. The fraction of sp³-hybridized carbons (Fsp3) is 0.111. The van der Waals surface area contributed by atoms with E-state index in [1.807, 2.05) is 32.0 Å². The number of carbonyl (C=O) groups excluding carboxylic acids is 1. The van der Waals surface area contributed by atoms with Crippen molar-refractivity contribution in [1.29, 1.82) is 0 Å². The number of carbonyl (C=O) groups is 1. The Morgan fingerprint density at radius 1 is 1.17 bits per heavy atom. The molecule has 0 saturated heterocycles. The van der Waals surface area contributed by atoms with Crippen molar-refractivity contribution >= 4 is 23.6 Å². The summed E-state index contributed by atoms with van der Waals surface area (Å²) < 4.78 is 5.13. The summed E-state index contributed by atoms with van der Waals surface area (Å²) in [6, 6.07) is 11.9. The maximum absolute atomic E-state index is 12.1. The number of para-hydroxylation sites is 1. The fourth-order valence-corrected chi connectivity index (χ4v) is 2.40. The SMILES string of the molecule is Cc1ccc(C)c(C=C2N=C(c3ccccc3[N+](=O)[O-])OC2=O)c1. The van der Waals surface area contributed by atoms with Crippen LogP contribution in [-0.4, -0.2) is 16.8 Å². The standard InChI is InChI=1S/C18H14N2O4/c1-11-7-8-12(2)13(9-11)10-15-18(21)24-17(19-15)14-5-3-4-6-16(14)20(22)23/h3-10H,1-2H3. The topological polar surface area (TPSA) is 81.8 Å². The highest BCUT2D eigenvalue weighted by atomic mass is 16.6. The Morgan fingerprint density at radius 2 is 1.92 bits per heavy atom. The lowest BCUT2D eigenvalue weighted by Crippen LogP contribution is -2.07. The van der Waals surface area contributed by atoms with E-state index in [1.54, 1.807) is 18.2 Å². The largest absolute Gasteiger partial charge is 0.402 e. The molecule has 1 aliphatic heterocycles. The molecule has 0 bridgehead atoms. The van der Waals surface area contributed by atoms with E-state index >= 15 is 0 Å². The Morgan fingerprint density at radius 3 is 2.67 bits per heavy atom. The first kappa shape index (κ1) is 15.6. The molecule has 0 spiro atoms. The van der Waals surface area contributed by atoms with Crippen LogP contribution in [0.15, 0.2) is 53.2 Å². The minimum Gasteiger partial charge on any atom is -0.402 e. The lowest BCUT2D eigenvalue weighted by Gasteiger charge is -2.01. The zero-order valence-electron chi connectivity index (χ0n) is 13.1. The van der Waals surface area contributed by atoms with Gasteiger partial charge in [-0.3, -0.25) is 10.1 Å². The maximum atomic E-state index is 12.1. The zero-order chi connectivity index (χ0) is 17.3. The lowest BCUT2D eigenvalue weighted by molar-refractivity contribution is -0.385. The van der Waals surface area contributed by atoms with Crippen LogP contribution in [0.4, 0.5) is 5.69 Å². The van der Waals surface area contributed by atoms with Crippen LogP contribution < -0.4 is 0 Å². The number of rotatable bonds is 3. The molecule has 1 heterocycles. The van der Waals surface area contributed by atoms with Crippen molar-refractivity contribution in [1.82, 2.24) is 0 Å². The summed E-state index contributed by atoms with van der Waals surface area (Å²) in [5, 5.41) is 11.1. The van der Waals surface area contributed by atoms with Gasteiger partial charge in [0.05, 0.1) is 4.92 Å². The number of benzene rings is 2. The van der Waals surface area contributed by atoms with Gasteiger partial charge in [0.15, 0.2) is 5.70 Å². The van der Waals surface area contributed by atoms with Gasteiger partial charge in [-0.15, -0.1) is 0 Å². The summed E-state index contributed by atoms with van der Waals surface area (Å²) in [5.74, 6) is -0.673. The van der Waals surface area contributed by atoms with E-state index in [2.05, 4.69) is 4.99 Å². The van der Waals surface area contributed by atoms with Crippen molar-refractivity contribution in [3.05, 3.63) is 80.5 Å². The average Bonchev–Trinajstić information content (AvgIpc) is 2.92. The predicted molar refractivity (Wildman–Crippen MR) is 89.6 cm³/mol. The van der Waals surface area contributed by atoms with Gasteiger partial charge >= 0.3 is 5.97 Å². The number of nitro groups is 1. The minimum absolute atomic E-state index is 0.0520. The van der Waals surface area contributed by atoms with Crippen LogP contribution in [0.3, 0.4) is 0 Å². The number of aliphatic imine (C=N–C) groups is 1. The summed E-state index contributed by atoms with van der Waals surface area (Å²) in [5.41, 5.74) is 3.06. The highest BCUT2D eigenvalue weighted by Gasteiger charge is 2.28. The maximum Gasteiger partial charge on any atom is 0.363 e. The van der Waals surface area contributed by atoms with E-state index < -0.39 is 10.9 Å². The van der Waals surface area contributed by atoms with Crippen LogP contribution in [0.1, 0.15) is 22.3 Å². The molecule has 0 aromatic heterocycles. The van der Waals surface area contributed by atoms with Crippen LogP contribution in [0.5, 0.6) is 0 Å². The number of ether oxygens (including phenoxy) is 1. The van der Waals surface area contributed by atoms with Crippen molar-refractivity contribution in [2.45, 2.75) is 13.8 Å². The molecule has 0 saturated carbocycles. The molecule has 3 rings (SSSR count). The van der Waals surface area contributed by atoms with Crippen molar-refractivity contribution in [3.63, 3.8) is 0 Å². The molecular formula is C18H14N2O4. The van der Waals surface area contributed by atoms with Crippen molar-refractivity contribution in [3.8, 4) is 0 Å². The molecule has 0 atom stereocenters. The van der Waals surface area contributed by atoms with Crippen LogP contribution in [0.25, 0.3) is 6.08 Å². The Bertz CT molecular complexity index is 913. The first-order valence-electron chi connectivity index (χ1n) is 7.29. The summed E-state index contributed by atoms with van der Waals surface area (Å²) in [4.78, 5) is 26.8. The summed E-state index contributed by atoms with van der Waals surface area (Å²) in [7, 11) is 0. The lowest BCUT2D eigenvalue weighted by atomic mass is 10.0. The van der Waals surface area contributed by atoms with Gasteiger partial charge in [0, 0.05) is 6.07 Å². The Labute approximate surface area is 138 Å². The number of hydrogen-bond acceptors (Lipinski definition) is 5. The monoisotopic (exact) mass is 322 g/mol. The fourth-order valence-electron chi connectivity index (χ4n) is 2.40. The second-order valence-corrected chi connectivity index (χ2v) is 5.47. The highest BCUT2D eigenvalue weighted by Crippen LogP contribution is 2.25. The van der Waals surface area contributed by atoms with Crippen LogP contribution in [-0.2, 0) is 9.53 Å². The van der Waals surface area contributed by atoms with Gasteiger partial charge in [-0.2, -0.15) is 0 Å². The van der Waals surface area contributed by atoms with Crippen LogP contribution >= 0.6 is 0 Å². The van der Waals surface area contributed by atoms with E-state index in [1.165, 1.54) is 12.1 Å². The van der Waals surface area contributed by atoms with Gasteiger partial charge in [0.2, 0.25) is 5.90 Å². The van der Waals surface area contributed by atoms with E-state index in [0.29, 0.717) is 0 Å². The normalized spacial score (nSPS) is 15.3. The third-order valence-corrected chi connectivity index (χ3v) is 3.68. The molecule has 0 amide bonds. The third-order valence-electron chi connectivity index (χ3n) is 3.68. The molecular weight excluding hydrogens is 308 g/mol. The summed E-state index contributed by atoms with van der Waals surface area (Å²) >= 11 is 0. The van der Waals surface area contributed by atoms with Gasteiger partial charge in [-0.1, -0.05) is 35.9 Å². The molecule has 0 N–H and O–H groups in total. The highest BCUT2D eigenvalue weighted by molar-refractivity contribution is 6.14. The number of hydrogen-bond donors (Lipinski definition) is 0. The summed E-state index contributed by atoms with van der Waals surface area (Å²) in [6.45, 7) is 3.88. The van der Waals surface area contributed by atoms with Gasteiger partial charge in [-0.05, 0) is 37.1 Å². The van der Waals surface area contributed by atoms with Crippen molar-refractivity contribution in [2.24, 2.45) is 4.99 Å². The zero-order valence-corrected chi connectivity index (χ0v) is 13.1. The molecule has 24 heavy (non-hydrogen) atoms. The van der Waals surface area contributed by atoms with Crippen LogP contribution in [0.2, 0.25) is 0 Å². The van der Waals surface area contributed by atoms with E-state index in [4.69, 9.17) is 4.74 Å². The molecule has 6 nitrogen and oxygen atoms in total. The molecule has 2 aromatic carbocycles. The first-order chi connectivity index (χ1) is 11.5. The molecule has 0 fully saturated rings. The quantitative estimate of drug-likeness (QED) is 0.374. The molecule has 2 aromatic rings. The van der Waals surface area contributed by atoms with Gasteiger partial charge in [0.1, 0.15) is 5.56 Å². The summed E-state index contributed by atoms with van der Waals surface area (Å²) in [6.07, 6.45) is 1.63. The Balaban J connectivity index is 2.04. The third kappa shape index (κ3) is 2.94. The van der Waals surface area contributed by atoms with Crippen molar-refractivity contribution in [2.75, 3.05) is 0 Å². The Kier molecular flexibility index (Phi) is 3.95. The van der Waals surface area contributed by atoms with Crippen molar-refractivity contribution < 1.29 is 14.5 Å². The molecule has 0 aliphatic carbocycles. The number of nitro benzene ring substituents is 1. The number of cyclic esters (lactones) is 1. The minimum atomic E-state index is -0.621. The average molecular weight is 322 g/mol. The second kappa shape index (κ2) is 6.08. The smallest absolute Gasteiger partial charge is 0.363 e. The molecule has 120 valence electrons. The molecule has 0 radical (unpaired) electrons.